The predicted octanol–water partition coefficient (Wildman–Crippen LogP) is 3.42. The van der Waals surface area contributed by atoms with E-state index < -0.39 is 11.9 Å². The van der Waals surface area contributed by atoms with Crippen molar-refractivity contribution in [3.8, 4) is 11.5 Å². The van der Waals surface area contributed by atoms with Gasteiger partial charge in [-0.1, -0.05) is 17.7 Å². The zero-order valence-corrected chi connectivity index (χ0v) is 15.6. The maximum absolute atomic E-state index is 12.3. The van der Waals surface area contributed by atoms with Gasteiger partial charge in [0.2, 0.25) is 0 Å². The van der Waals surface area contributed by atoms with E-state index in [1.807, 2.05) is 32.9 Å². The third-order valence-electron chi connectivity index (χ3n) is 3.88. The number of hydrogen-bond acceptors (Lipinski definition) is 5. The van der Waals surface area contributed by atoms with Crippen molar-refractivity contribution >= 4 is 17.6 Å². The Labute approximate surface area is 153 Å². The number of aryl methyl sites for hydroxylation is 3. The molecule has 6 heteroatoms. The molecule has 0 aliphatic heterocycles. The highest BCUT2D eigenvalue weighted by Gasteiger charge is 2.16. The van der Waals surface area contributed by atoms with Gasteiger partial charge >= 0.3 is 5.97 Å². The lowest BCUT2D eigenvalue weighted by Crippen LogP contribution is -2.21. The molecule has 0 saturated carbocycles. The summed E-state index contributed by atoms with van der Waals surface area (Å²) in [6.07, 6.45) is 0. The highest BCUT2D eigenvalue weighted by molar-refractivity contribution is 5.97. The summed E-state index contributed by atoms with van der Waals surface area (Å²) < 4.78 is 15.5. The lowest BCUT2D eigenvalue weighted by molar-refractivity contribution is -0.119. The van der Waals surface area contributed by atoms with Crippen LogP contribution in [0, 0.1) is 20.8 Å². The number of carbonyl (C=O) groups is 2. The van der Waals surface area contributed by atoms with Crippen LogP contribution in [0.15, 0.2) is 30.3 Å². The predicted molar refractivity (Wildman–Crippen MR) is 99.1 cm³/mol. The Morgan fingerprint density at radius 3 is 2.12 bits per heavy atom. The van der Waals surface area contributed by atoms with E-state index >= 15 is 0 Å². The molecule has 1 N–H and O–H groups in total. The van der Waals surface area contributed by atoms with Crippen molar-refractivity contribution in [1.82, 2.24) is 0 Å². The van der Waals surface area contributed by atoms with Crippen LogP contribution in [-0.2, 0) is 9.53 Å². The molecule has 0 heterocycles. The Morgan fingerprint density at radius 1 is 0.923 bits per heavy atom. The number of rotatable bonds is 6. The molecular weight excluding hydrogens is 334 g/mol. The molecule has 0 bridgehead atoms. The van der Waals surface area contributed by atoms with Crippen LogP contribution in [0.5, 0.6) is 11.5 Å². The zero-order valence-electron chi connectivity index (χ0n) is 15.6. The van der Waals surface area contributed by atoms with Gasteiger partial charge in [0.05, 0.1) is 19.8 Å². The highest BCUT2D eigenvalue weighted by Crippen LogP contribution is 2.29. The Kier molecular flexibility index (Phi) is 6.22. The summed E-state index contributed by atoms with van der Waals surface area (Å²) in [5, 5.41) is 2.66. The minimum atomic E-state index is -0.512. The number of carbonyl (C=O) groups excluding carboxylic acids is 2. The van der Waals surface area contributed by atoms with Crippen molar-refractivity contribution in [3.05, 3.63) is 52.6 Å². The number of amides is 1. The third-order valence-corrected chi connectivity index (χ3v) is 3.88. The molecule has 2 aromatic carbocycles. The number of methoxy groups -OCH3 is 2. The van der Waals surface area contributed by atoms with Gasteiger partial charge in [-0.15, -0.1) is 0 Å². The number of anilines is 1. The molecule has 0 atom stereocenters. The van der Waals surface area contributed by atoms with Crippen LogP contribution in [0.2, 0.25) is 0 Å². The first kappa shape index (κ1) is 19.3. The van der Waals surface area contributed by atoms with E-state index in [0.717, 1.165) is 16.7 Å². The number of ether oxygens (including phenoxy) is 3. The molecule has 26 heavy (non-hydrogen) atoms. The fraction of sp³-hybridized carbons (Fsp3) is 0.300. The van der Waals surface area contributed by atoms with Crippen molar-refractivity contribution in [2.45, 2.75) is 20.8 Å². The number of esters is 1. The van der Waals surface area contributed by atoms with Crippen LogP contribution in [0.1, 0.15) is 27.0 Å². The smallest absolute Gasteiger partial charge is 0.339 e. The van der Waals surface area contributed by atoms with Crippen molar-refractivity contribution in [1.29, 1.82) is 0 Å². The Balaban J connectivity index is 2.00. The average molecular weight is 357 g/mol. The van der Waals surface area contributed by atoms with E-state index in [1.165, 1.54) is 14.2 Å². The van der Waals surface area contributed by atoms with Crippen LogP contribution in [0.3, 0.4) is 0 Å². The molecule has 0 radical (unpaired) electrons. The molecule has 0 aliphatic rings. The summed E-state index contributed by atoms with van der Waals surface area (Å²) in [5.41, 5.74) is 3.74. The quantitative estimate of drug-likeness (QED) is 0.802. The number of nitrogens with one attached hydrogen (secondary N) is 1. The molecule has 0 aliphatic carbocycles. The van der Waals surface area contributed by atoms with Crippen molar-refractivity contribution in [3.63, 3.8) is 0 Å². The molecule has 138 valence electrons. The fourth-order valence-corrected chi connectivity index (χ4v) is 2.82. The van der Waals surface area contributed by atoms with Crippen molar-refractivity contribution in [2.24, 2.45) is 0 Å². The summed E-state index contributed by atoms with van der Waals surface area (Å²) in [5.74, 6) is 0.103. The zero-order chi connectivity index (χ0) is 19.3. The van der Waals surface area contributed by atoms with E-state index in [9.17, 15) is 9.59 Å². The first-order valence-electron chi connectivity index (χ1n) is 8.12. The van der Waals surface area contributed by atoms with Gasteiger partial charge in [0, 0.05) is 11.8 Å². The molecule has 0 unspecified atom stereocenters. The number of benzene rings is 2. The largest absolute Gasteiger partial charge is 0.493 e. The van der Waals surface area contributed by atoms with Gasteiger partial charge in [-0.25, -0.2) is 4.79 Å². The molecule has 2 aromatic rings. The molecule has 0 saturated heterocycles. The second-order valence-corrected chi connectivity index (χ2v) is 5.97. The number of hydrogen-bond donors (Lipinski definition) is 1. The first-order chi connectivity index (χ1) is 12.3. The average Bonchev–Trinajstić information content (AvgIpc) is 2.59. The fourth-order valence-electron chi connectivity index (χ4n) is 2.82. The lowest BCUT2D eigenvalue weighted by Gasteiger charge is -2.12. The maximum Gasteiger partial charge on any atom is 0.339 e. The third kappa shape index (κ3) is 4.53. The van der Waals surface area contributed by atoms with Crippen LogP contribution in [-0.4, -0.2) is 32.7 Å². The maximum atomic E-state index is 12.3. The van der Waals surface area contributed by atoms with Crippen LogP contribution in [0.4, 0.5) is 5.69 Å². The Bertz CT molecular complexity index is 806. The van der Waals surface area contributed by atoms with Gasteiger partial charge in [0.1, 0.15) is 0 Å². The van der Waals surface area contributed by atoms with E-state index in [0.29, 0.717) is 22.7 Å². The van der Waals surface area contributed by atoms with Gasteiger partial charge in [-0.2, -0.15) is 0 Å². The van der Waals surface area contributed by atoms with Gasteiger partial charge in [-0.05, 0) is 44.0 Å². The summed E-state index contributed by atoms with van der Waals surface area (Å²) in [6.45, 7) is 5.28. The van der Waals surface area contributed by atoms with E-state index in [2.05, 4.69) is 5.32 Å². The normalized spacial score (nSPS) is 10.2. The van der Waals surface area contributed by atoms with Crippen LogP contribution < -0.4 is 14.8 Å². The lowest BCUT2D eigenvalue weighted by atomic mass is 10.00. The van der Waals surface area contributed by atoms with Crippen molar-refractivity contribution < 1.29 is 23.8 Å². The molecule has 0 spiro atoms. The van der Waals surface area contributed by atoms with Gasteiger partial charge < -0.3 is 19.5 Å². The summed E-state index contributed by atoms with van der Waals surface area (Å²) in [6, 6.07) is 8.81. The molecule has 1 amide bonds. The minimum absolute atomic E-state index is 0.375. The highest BCUT2D eigenvalue weighted by atomic mass is 16.5. The second-order valence-electron chi connectivity index (χ2n) is 5.97. The molecule has 0 fully saturated rings. The van der Waals surface area contributed by atoms with Crippen LogP contribution >= 0.6 is 0 Å². The van der Waals surface area contributed by atoms with Gasteiger partial charge in [-0.3, -0.25) is 4.79 Å². The summed E-state index contributed by atoms with van der Waals surface area (Å²) >= 11 is 0. The SMILES string of the molecule is COc1ccc(NC(=O)COC(=O)c2c(C)cc(C)cc2C)cc1OC. The van der Waals surface area contributed by atoms with Gasteiger partial charge in [0.25, 0.3) is 5.91 Å². The Hall–Kier alpha value is -3.02. The summed E-state index contributed by atoms with van der Waals surface area (Å²) in [7, 11) is 3.04. The minimum Gasteiger partial charge on any atom is -0.493 e. The second kappa shape index (κ2) is 8.38. The standard InChI is InChI=1S/C20H23NO5/c1-12-8-13(2)19(14(3)9-12)20(23)26-11-18(22)21-15-6-7-16(24-4)17(10-15)25-5/h6-10H,11H2,1-5H3,(H,21,22). The monoisotopic (exact) mass is 357 g/mol. The molecular formula is C20H23NO5. The first-order valence-corrected chi connectivity index (χ1v) is 8.12. The molecule has 6 nitrogen and oxygen atoms in total. The van der Waals surface area contributed by atoms with E-state index in [-0.39, 0.29) is 6.61 Å². The van der Waals surface area contributed by atoms with E-state index in [1.54, 1.807) is 18.2 Å². The van der Waals surface area contributed by atoms with Crippen LogP contribution in [0.25, 0.3) is 0 Å². The Morgan fingerprint density at radius 2 is 1.54 bits per heavy atom. The van der Waals surface area contributed by atoms with Crippen molar-refractivity contribution in [2.75, 3.05) is 26.1 Å². The van der Waals surface area contributed by atoms with E-state index in [4.69, 9.17) is 14.2 Å². The molecule has 0 aromatic heterocycles. The van der Waals surface area contributed by atoms with Gasteiger partial charge in [0.15, 0.2) is 18.1 Å². The topological polar surface area (TPSA) is 73.9 Å². The molecule has 2 rings (SSSR count). The summed E-state index contributed by atoms with van der Waals surface area (Å²) in [4.78, 5) is 24.4.